The van der Waals surface area contributed by atoms with Crippen LogP contribution in [0.5, 0.6) is 0 Å². The monoisotopic (exact) mass is 343 g/mol. The normalized spacial score (nSPS) is 26.2. The Morgan fingerprint density at radius 1 is 1.25 bits per heavy atom. The van der Waals surface area contributed by atoms with Gasteiger partial charge in [0, 0.05) is 24.2 Å². The van der Waals surface area contributed by atoms with Gasteiger partial charge in [-0.25, -0.2) is 0 Å². The van der Waals surface area contributed by atoms with Crippen molar-refractivity contribution in [3.05, 3.63) is 39.4 Å². The Kier molecular flexibility index (Phi) is 4.20. The topological polar surface area (TPSA) is 84.3 Å². The number of hydrogen-bond acceptors (Lipinski definition) is 4. The number of carbonyl (C=O) groups is 1. The van der Waals surface area contributed by atoms with Crippen LogP contribution in [-0.2, 0) is 6.18 Å². The van der Waals surface area contributed by atoms with Crippen molar-refractivity contribution in [1.29, 1.82) is 0 Å². The Morgan fingerprint density at radius 2 is 1.88 bits per heavy atom. The van der Waals surface area contributed by atoms with E-state index in [1.807, 2.05) is 0 Å². The molecule has 2 bridgehead atoms. The third-order valence-corrected chi connectivity index (χ3v) is 4.57. The van der Waals surface area contributed by atoms with Crippen molar-refractivity contribution in [1.82, 2.24) is 10.6 Å². The van der Waals surface area contributed by atoms with Crippen molar-refractivity contribution in [2.45, 2.75) is 50.0 Å². The molecule has 0 aliphatic carbocycles. The molecular weight excluding hydrogens is 327 g/mol. The van der Waals surface area contributed by atoms with E-state index in [9.17, 15) is 28.1 Å². The molecule has 0 spiro atoms. The van der Waals surface area contributed by atoms with Crippen molar-refractivity contribution in [2.24, 2.45) is 0 Å². The highest BCUT2D eigenvalue weighted by atomic mass is 19.4. The van der Waals surface area contributed by atoms with Crippen LogP contribution in [0.15, 0.2) is 18.2 Å². The zero-order chi connectivity index (χ0) is 17.5. The summed E-state index contributed by atoms with van der Waals surface area (Å²) < 4.78 is 38.1. The quantitative estimate of drug-likeness (QED) is 0.653. The molecule has 2 atom stereocenters. The molecule has 0 aromatic heterocycles. The molecule has 0 radical (unpaired) electrons. The van der Waals surface area contributed by atoms with Gasteiger partial charge >= 0.3 is 6.18 Å². The molecule has 2 saturated heterocycles. The molecule has 2 N–H and O–H groups in total. The first-order chi connectivity index (χ1) is 11.2. The third-order valence-electron chi connectivity index (χ3n) is 4.57. The fourth-order valence-electron chi connectivity index (χ4n) is 3.49. The molecule has 2 aliphatic rings. The standard InChI is InChI=1S/C15H16F3N3O3/c16-15(17,18)8-1-4-12(13(5-8)21(23)24)14(22)20-11-6-9-2-3-10(7-11)19-9/h1,4-5,9-11,19H,2-3,6-7H2,(H,20,22). The van der Waals surface area contributed by atoms with Crippen LogP contribution in [0.1, 0.15) is 41.6 Å². The van der Waals surface area contributed by atoms with Gasteiger partial charge in [0.05, 0.1) is 10.5 Å². The summed E-state index contributed by atoms with van der Waals surface area (Å²) >= 11 is 0. The SMILES string of the molecule is O=C(NC1CC2CCC(C1)N2)c1ccc(C(F)(F)F)cc1[N+](=O)[O-]. The first-order valence-electron chi connectivity index (χ1n) is 7.66. The van der Waals surface area contributed by atoms with E-state index in [4.69, 9.17) is 0 Å². The number of nitro benzene ring substituents is 1. The molecule has 2 aliphatic heterocycles. The predicted molar refractivity (Wildman–Crippen MR) is 78.5 cm³/mol. The summed E-state index contributed by atoms with van der Waals surface area (Å²) in [7, 11) is 0. The zero-order valence-electron chi connectivity index (χ0n) is 12.6. The Balaban J connectivity index is 1.80. The van der Waals surface area contributed by atoms with Gasteiger partial charge in [0.25, 0.3) is 11.6 Å². The van der Waals surface area contributed by atoms with Crippen molar-refractivity contribution < 1.29 is 22.9 Å². The van der Waals surface area contributed by atoms with E-state index in [-0.39, 0.29) is 11.6 Å². The molecule has 9 heteroatoms. The highest BCUT2D eigenvalue weighted by Crippen LogP contribution is 2.33. The van der Waals surface area contributed by atoms with Crippen molar-refractivity contribution >= 4 is 11.6 Å². The van der Waals surface area contributed by atoms with Gasteiger partial charge in [-0.2, -0.15) is 13.2 Å². The summed E-state index contributed by atoms with van der Waals surface area (Å²) in [6.45, 7) is 0. The largest absolute Gasteiger partial charge is 0.416 e. The van der Waals surface area contributed by atoms with Crippen LogP contribution in [0, 0.1) is 10.1 Å². The maximum atomic E-state index is 12.7. The van der Waals surface area contributed by atoms with E-state index in [0.717, 1.165) is 31.7 Å². The molecule has 1 amide bonds. The molecule has 6 nitrogen and oxygen atoms in total. The second-order valence-corrected chi connectivity index (χ2v) is 6.27. The van der Waals surface area contributed by atoms with Crippen LogP contribution < -0.4 is 10.6 Å². The first kappa shape index (κ1) is 16.7. The molecule has 0 saturated carbocycles. The van der Waals surface area contributed by atoms with E-state index in [1.54, 1.807) is 0 Å². The lowest BCUT2D eigenvalue weighted by molar-refractivity contribution is -0.385. The summed E-state index contributed by atoms with van der Waals surface area (Å²) in [6.07, 6.45) is -1.21. The summed E-state index contributed by atoms with van der Waals surface area (Å²) in [6, 6.07) is 2.47. The Labute approximate surface area is 135 Å². The molecule has 2 fully saturated rings. The molecule has 1 aromatic carbocycles. The Hall–Kier alpha value is -2.16. The Morgan fingerprint density at radius 3 is 2.42 bits per heavy atom. The van der Waals surface area contributed by atoms with Crippen LogP contribution >= 0.6 is 0 Å². The number of amides is 1. The van der Waals surface area contributed by atoms with E-state index < -0.39 is 28.3 Å². The van der Waals surface area contributed by atoms with E-state index >= 15 is 0 Å². The minimum atomic E-state index is -4.70. The molecular formula is C15H16F3N3O3. The summed E-state index contributed by atoms with van der Waals surface area (Å²) in [5, 5.41) is 17.2. The number of halogens is 3. The molecule has 24 heavy (non-hydrogen) atoms. The maximum absolute atomic E-state index is 12.7. The van der Waals surface area contributed by atoms with Crippen molar-refractivity contribution in [3.63, 3.8) is 0 Å². The lowest BCUT2D eigenvalue weighted by atomic mass is 9.99. The lowest BCUT2D eigenvalue weighted by Gasteiger charge is -2.29. The van der Waals surface area contributed by atoms with E-state index in [1.165, 1.54) is 0 Å². The number of nitrogens with one attached hydrogen (secondary N) is 2. The number of nitrogens with zero attached hydrogens (tertiary/aromatic N) is 1. The van der Waals surface area contributed by atoms with Gasteiger partial charge in [-0.15, -0.1) is 0 Å². The Bertz CT molecular complexity index is 666. The number of nitro groups is 1. The number of piperidine rings is 1. The molecule has 130 valence electrons. The van der Waals surface area contributed by atoms with Gasteiger partial charge < -0.3 is 10.6 Å². The van der Waals surface area contributed by atoms with Crippen LogP contribution in [0.25, 0.3) is 0 Å². The fourth-order valence-corrected chi connectivity index (χ4v) is 3.49. The van der Waals surface area contributed by atoms with Crippen LogP contribution in [-0.4, -0.2) is 29.0 Å². The number of rotatable bonds is 3. The smallest absolute Gasteiger partial charge is 0.349 e. The number of alkyl halides is 3. The molecule has 2 heterocycles. The zero-order valence-corrected chi connectivity index (χ0v) is 12.6. The van der Waals surface area contributed by atoms with Gasteiger partial charge in [-0.05, 0) is 37.8 Å². The highest BCUT2D eigenvalue weighted by Gasteiger charge is 2.36. The van der Waals surface area contributed by atoms with E-state index in [0.29, 0.717) is 24.2 Å². The lowest BCUT2D eigenvalue weighted by Crippen LogP contribution is -2.48. The van der Waals surface area contributed by atoms with Crippen LogP contribution in [0.4, 0.5) is 18.9 Å². The second-order valence-electron chi connectivity index (χ2n) is 6.27. The van der Waals surface area contributed by atoms with Crippen molar-refractivity contribution in [3.8, 4) is 0 Å². The first-order valence-corrected chi connectivity index (χ1v) is 7.66. The van der Waals surface area contributed by atoms with Gasteiger partial charge in [-0.3, -0.25) is 14.9 Å². The number of carbonyl (C=O) groups excluding carboxylic acids is 1. The van der Waals surface area contributed by atoms with Gasteiger partial charge in [0.2, 0.25) is 0 Å². The third kappa shape index (κ3) is 3.35. The fraction of sp³-hybridized carbons (Fsp3) is 0.533. The molecule has 3 rings (SSSR count). The number of hydrogen-bond donors (Lipinski definition) is 2. The average molecular weight is 343 g/mol. The second kappa shape index (κ2) is 6.04. The highest BCUT2D eigenvalue weighted by molar-refractivity contribution is 5.98. The number of fused-ring (bicyclic) bond motifs is 2. The molecule has 1 aromatic rings. The van der Waals surface area contributed by atoms with Gasteiger partial charge in [0.1, 0.15) is 5.56 Å². The molecule has 2 unspecified atom stereocenters. The summed E-state index contributed by atoms with van der Waals surface area (Å²) in [5.41, 5.74) is -2.33. The number of benzene rings is 1. The minimum absolute atomic E-state index is 0.127. The van der Waals surface area contributed by atoms with E-state index in [2.05, 4.69) is 10.6 Å². The predicted octanol–water partition coefficient (Wildman–Crippen LogP) is 2.63. The summed E-state index contributed by atoms with van der Waals surface area (Å²) in [4.78, 5) is 22.4. The minimum Gasteiger partial charge on any atom is -0.349 e. The van der Waals surface area contributed by atoms with Crippen molar-refractivity contribution in [2.75, 3.05) is 0 Å². The average Bonchev–Trinajstić information content (AvgIpc) is 2.84. The summed E-state index contributed by atoms with van der Waals surface area (Å²) in [5.74, 6) is -0.707. The van der Waals surface area contributed by atoms with Crippen LogP contribution in [0.2, 0.25) is 0 Å². The van der Waals surface area contributed by atoms with Crippen LogP contribution in [0.3, 0.4) is 0 Å². The van der Waals surface area contributed by atoms with Gasteiger partial charge in [0.15, 0.2) is 0 Å². The van der Waals surface area contributed by atoms with Gasteiger partial charge in [-0.1, -0.05) is 0 Å². The maximum Gasteiger partial charge on any atom is 0.416 e.